The van der Waals surface area contributed by atoms with Crippen molar-refractivity contribution in [1.29, 1.82) is 0 Å². The van der Waals surface area contributed by atoms with Gasteiger partial charge in [-0.15, -0.1) is 0 Å². The molecule has 0 saturated heterocycles. The second-order valence-corrected chi connectivity index (χ2v) is 4.26. The van der Waals surface area contributed by atoms with Crippen molar-refractivity contribution in [1.82, 2.24) is 5.32 Å². The SMILES string of the molecule is CCNCC(C)Cc1ccc(F)cc1Cl. The van der Waals surface area contributed by atoms with Gasteiger partial charge in [-0.1, -0.05) is 31.5 Å². The van der Waals surface area contributed by atoms with Gasteiger partial charge in [-0.25, -0.2) is 4.39 Å². The molecule has 1 atom stereocenters. The van der Waals surface area contributed by atoms with Gasteiger partial charge < -0.3 is 5.32 Å². The predicted octanol–water partition coefficient (Wildman–Crippen LogP) is 3.27. The molecule has 0 bridgehead atoms. The summed E-state index contributed by atoms with van der Waals surface area (Å²) in [4.78, 5) is 0. The number of hydrogen-bond donors (Lipinski definition) is 1. The molecule has 0 spiro atoms. The molecule has 15 heavy (non-hydrogen) atoms. The van der Waals surface area contributed by atoms with E-state index in [4.69, 9.17) is 11.6 Å². The maximum Gasteiger partial charge on any atom is 0.124 e. The molecule has 0 saturated carbocycles. The Balaban J connectivity index is 2.56. The quantitative estimate of drug-likeness (QED) is 0.817. The molecule has 0 aromatic heterocycles. The summed E-state index contributed by atoms with van der Waals surface area (Å²) in [6, 6.07) is 4.60. The summed E-state index contributed by atoms with van der Waals surface area (Å²) in [5, 5.41) is 3.81. The van der Waals surface area contributed by atoms with Gasteiger partial charge in [-0.05, 0) is 43.1 Å². The first-order valence-electron chi connectivity index (χ1n) is 5.28. The Morgan fingerprint density at radius 1 is 1.47 bits per heavy atom. The van der Waals surface area contributed by atoms with Gasteiger partial charge in [0.1, 0.15) is 5.82 Å². The molecule has 0 heterocycles. The van der Waals surface area contributed by atoms with E-state index in [2.05, 4.69) is 19.2 Å². The molecule has 0 aliphatic carbocycles. The van der Waals surface area contributed by atoms with Crippen molar-refractivity contribution >= 4 is 11.6 Å². The molecule has 0 aliphatic rings. The average Bonchev–Trinajstić information content (AvgIpc) is 2.19. The maximum absolute atomic E-state index is 12.8. The van der Waals surface area contributed by atoms with Crippen LogP contribution in [-0.4, -0.2) is 13.1 Å². The van der Waals surface area contributed by atoms with Gasteiger partial charge in [0.25, 0.3) is 0 Å². The lowest BCUT2D eigenvalue weighted by Crippen LogP contribution is -2.22. The normalized spacial score (nSPS) is 12.8. The maximum atomic E-state index is 12.8. The summed E-state index contributed by atoms with van der Waals surface area (Å²) in [6.07, 6.45) is 0.881. The van der Waals surface area contributed by atoms with Crippen LogP contribution >= 0.6 is 11.6 Å². The fraction of sp³-hybridized carbons (Fsp3) is 0.500. The zero-order valence-corrected chi connectivity index (χ0v) is 9.94. The summed E-state index contributed by atoms with van der Waals surface area (Å²) >= 11 is 5.95. The smallest absolute Gasteiger partial charge is 0.124 e. The monoisotopic (exact) mass is 229 g/mol. The van der Waals surface area contributed by atoms with Gasteiger partial charge in [0.15, 0.2) is 0 Å². The van der Waals surface area contributed by atoms with Crippen LogP contribution < -0.4 is 5.32 Å². The van der Waals surface area contributed by atoms with Crippen LogP contribution in [0.2, 0.25) is 5.02 Å². The summed E-state index contributed by atoms with van der Waals surface area (Å²) in [5.74, 6) is 0.232. The van der Waals surface area contributed by atoms with Crippen LogP contribution in [0.4, 0.5) is 4.39 Å². The van der Waals surface area contributed by atoms with Crippen LogP contribution in [0.3, 0.4) is 0 Å². The van der Waals surface area contributed by atoms with Gasteiger partial charge >= 0.3 is 0 Å². The number of hydrogen-bond acceptors (Lipinski definition) is 1. The lowest BCUT2D eigenvalue weighted by Gasteiger charge is -2.12. The van der Waals surface area contributed by atoms with Crippen LogP contribution in [0.25, 0.3) is 0 Å². The van der Waals surface area contributed by atoms with E-state index in [9.17, 15) is 4.39 Å². The molecule has 1 aromatic carbocycles. The number of benzene rings is 1. The van der Waals surface area contributed by atoms with Crippen molar-refractivity contribution in [2.75, 3.05) is 13.1 Å². The Hall–Kier alpha value is -0.600. The van der Waals surface area contributed by atoms with Crippen LogP contribution in [0.5, 0.6) is 0 Å². The third kappa shape index (κ3) is 4.18. The molecule has 0 fully saturated rings. The average molecular weight is 230 g/mol. The van der Waals surface area contributed by atoms with Crippen LogP contribution in [0.1, 0.15) is 19.4 Å². The van der Waals surface area contributed by atoms with E-state index < -0.39 is 0 Å². The van der Waals surface area contributed by atoms with E-state index >= 15 is 0 Å². The minimum atomic E-state index is -0.275. The molecule has 1 rings (SSSR count). The van der Waals surface area contributed by atoms with Crippen molar-refractivity contribution < 1.29 is 4.39 Å². The van der Waals surface area contributed by atoms with Crippen LogP contribution in [-0.2, 0) is 6.42 Å². The van der Waals surface area contributed by atoms with Crippen molar-refractivity contribution in [3.8, 4) is 0 Å². The fourth-order valence-corrected chi connectivity index (χ4v) is 1.77. The lowest BCUT2D eigenvalue weighted by molar-refractivity contribution is 0.521. The summed E-state index contributed by atoms with van der Waals surface area (Å²) < 4.78 is 12.8. The fourth-order valence-electron chi connectivity index (χ4n) is 1.53. The molecule has 0 aliphatic heterocycles. The number of rotatable bonds is 5. The van der Waals surface area contributed by atoms with Crippen molar-refractivity contribution in [3.05, 3.63) is 34.6 Å². The molecule has 0 amide bonds. The zero-order valence-electron chi connectivity index (χ0n) is 9.19. The molecule has 1 nitrogen and oxygen atoms in total. The summed E-state index contributed by atoms with van der Waals surface area (Å²) in [7, 11) is 0. The zero-order chi connectivity index (χ0) is 11.3. The number of nitrogens with one attached hydrogen (secondary N) is 1. The standard InChI is InChI=1S/C12H17ClFN/c1-3-15-8-9(2)6-10-4-5-11(14)7-12(10)13/h4-5,7,9,15H,3,6,8H2,1-2H3. The molecule has 1 unspecified atom stereocenters. The highest BCUT2D eigenvalue weighted by atomic mass is 35.5. The second kappa shape index (κ2) is 6.09. The number of halogens is 2. The molecular weight excluding hydrogens is 213 g/mol. The minimum Gasteiger partial charge on any atom is -0.317 e. The van der Waals surface area contributed by atoms with Gasteiger partial charge in [-0.2, -0.15) is 0 Å². The Kier molecular flexibility index (Phi) is 5.06. The topological polar surface area (TPSA) is 12.0 Å². The van der Waals surface area contributed by atoms with E-state index in [-0.39, 0.29) is 5.82 Å². The summed E-state index contributed by atoms with van der Waals surface area (Å²) in [5.41, 5.74) is 1.02. The largest absolute Gasteiger partial charge is 0.317 e. The van der Waals surface area contributed by atoms with Gasteiger partial charge in [0.2, 0.25) is 0 Å². The van der Waals surface area contributed by atoms with E-state index in [1.54, 1.807) is 6.07 Å². The Bertz CT molecular complexity index is 314. The first-order chi connectivity index (χ1) is 7.13. The molecule has 84 valence electrons. The van der Waals surface area contributed by atoms with E-state index in [0.29, 0.717) is 10.9 Å². The van der Waals surface area contributed by atoms with Gasteiger partial charge in [0.05, 0.1) is 0 Å². The molecule has 3 heteroatoms. The van der Waals surface area contributed by atoms with Crippen molar-refractivity contribution in [2.24, 2.45) is 5.92 Å². The van der Waals surface area contributed by atoms with E-state index in [0.717, 1.165) is 25.1 Å². The van der Waals surface area contributed by atoms with E-state index in [1.807, 2.05) is 0 Å². The highest BCUT2D eigenvalue weighted by molar-refractivity contribution is 6.31. The van der Waals surface area contributed by atoms with E-state index in [1.165, 1.54) is 12.1 Å². The molecular formula is C12H17ClFN. The highest BCUT2D eigenvalue weighted by Crippen LogP contribution is 2.20. The molecule has 1 aromatic rings. The Labute approximate surface area is 95.6 Å². The first kappa shape index (κ1) is 12.5. The van der Waals surface area contributed by atoms with Crippen molar-refractivity contribution in [3.63, 3.8) is 0 Å². The predicted molar refractivity (Wildman–Crippen MR) is 62.8 cm³/mol. The highest BCUT2D eigenvalue weighted by Gasteiger charge is 2.07. The van der Waals surface area contributed by atoms with Crippen LogP contribution in [0, 0.1) is 11.7 Å². The summed E-state index contributed by atoms with van der Waals surface area (Å²) in [6.45, 7) is 6.17. The second-order valence-electron chi connectivity index (χ2n) is 3.85. The first-order valence-corrected chi connectivity index (χ1v) is 5.66. The Morgan fingerprint density at radius 3 is 2.80 bits per heavy atom. The third-order valence-electron chi connectivity index (χ3n) is 2.33. The van der Waals surface area contributed by atoms with Gasteiger partial charge in [-0.3, -0.25) is 0 Å². The van der Waals surface area contributed by atoms with Crippen LogP contribution in [0.15, 0.2) is 18.2 Å². The molecule has 0 radical (unpaired) electrons. The van der Waals surface area contributed by atoms with Crippen molar-refractivity contribution in [2.45, 2.75) is 20.3 Å². The minimum absolute atomic E-state index is 0.275. The Morgan fingerprint density at radius 2 is 2.20 bits per heavy atom. The lowest BCUT2D eigenvalue weighted by atomic mass is 10.0. The third-order valence-corrected chi connectivity index (χ3v) is 2.68. The molecule has 1 N–H and O–H groups in total. The van der Waals surface area contributed by atoms with Gasteiger partial charge in [0, 0.05) is 5.02 Å².